The van der Waals surface area contributed by atoms with Crippen molar-refractivity contribution in [2.75, 3.05) is 26.9 Å². The van der Waals surface area contributed by atoms with Crippen molar-refractivity contribution < 1.29 is 9.47 Å². The summed E-state index contributed by atoms with van der Waals surface area (Å²) >= 11 is 0. The van der Waals surface area contributed by atoms with Crippen LogP contribution >= 0.6 is 0 Å². The molecule has 0 aliphatic rings. The van der Waals surface area contributed by atoms with E-state index >= 15 is 0 Å². The van der Waals surface area contributed by atoms with E-state index in [2.05, 4.69) is 26.1 Å². The molecule has 0 amide bonds. The molecule has 0 spiro atoms. The minimum Gasteiger partial charge on any atom is -0.383 e. The molecular formula is C11H25NO2. The van der Waals surface area contributed by atoms with Gasteiger partial charge in [-0.2, -0.15) is 0 Å². The fourth-order valence-electron chi connectivity index (χ4n) is 1.46. The van der Waals surface area contributed by atoms with Crippen LogP contribution in [0.2, 0.25) is 0 Å². The summed E-state index contributed by atoms with van der Waals surface area (Å²) in [6, 6.07) is 0.257. The standard InChI is InChI=1S/C11H25NO2/c1-6-8-12-10(9-13-5)11(3,4)14-7-2/h10,12H,6-9H2,1-5H3. The van der Waals surface area contributed by atoms with Crippen molar-refractivity contribution in [1.29, 1.82) is 0 Å². The molecule has 86 valence electrons. The SMILES string of the molecule is CCCNC(COC)C(C)(C)OCC. The zero-order valence-corrected chi connectivity index (χ0v) is 10.2. The van der Waals surface area contributed by atoms with Gasteiger partial charge in [0.25, 0.3) is 0 Å². The van der Waals surface area contributed by atoms with Gasteiger partial charge in [-0.1, -0.05) is 6.92 Å². The maximum Gasteiger partial charge on any atom is 0.0801 e. The number of hydrogen-bond donors (Lipinski definition) is 1. The van der Waals surface area contributed by atoms with Crippen LogP contribution in [0.25, 0.3) is 0 Å². The van der Waals surface area contributed by atoms with E-state index in [4.69, 9.17) is 9.47 Å². The average molecular weight is 203 g/mol. The van der Waals surface area contributed by atoms with Crippen LogP contribution in [0, 0.1) is 0 Å². The molecule has 0 radical (unpaired) electrons. The molecule has 1 unspecified atom stereocenters. The van der Waals surface area contributed by atoms with Crippen LogP contribution in [-0.4, -0.2) is 38.5 Å². The van der Waals surface area contributed by atoms with Gasteiger partial charge in [0.15, 0.2) is 0 Å². The summed E-state index contributed by atoms with van der Waals surface area (Å²) in [5.74, 6) is 0. The van der Waals surface area contributed by atoms with Gasteiger partial charge in [0, 0.05) is 13.7 Å². The van der Waals surface area contributed by atoms with Crippen LogP contribution in [-0.2, 0) is 9.47 Å². The molecule has 0 saturated heterocycles. The monoisotopic (exact) mass is 203 g/mol. The van der Waals surface area contributed by atoms with Crippen LogP contribution in [0.1, 0.15) is 34.1 Å². The van der Waals surface area contributed by atoms with Crippen LogP contribution < -0.4 is 5.32 Å². The van der Waals surface area contributed by atoms with Crippen LogP contribution in [0.15, 0.2) is 0 Å². The van der Waals surface area contributed by atoms with E-state index in [9.17, 15) is 0 Å². The topological polar surface area (TPSA) is 30.5 Å². The normalized spacial score (nSPS) is 14.4. The largest absolute Gasteiger partial charge is 0.383 e. The Kier molecular flexibility index (Phi) is 7.15. The molecule has 0 fully saturated rings. The van der Waals surface area contributed by atoms with Gasteiger partial charge in [-0.3, -0.25) is 0 Å². The Hall–Kier alpha value is -0.120. The summed E-state index contributed by atoms with van der Waals surface area (Å²) in [6.45, 7) is 10.8. The van der Waals surface area contributed by atoms with Gasteiger partial charge in [-0.25, -0.2) is 0 Å². The van der Waals surface area contributed by atoms with E-state index in [1.807, 2.05) is 6.92 Å². The number of rotatable bonds is 8. The van der Waals surface area contributed by atoms with Crippen LogP contribution in [0.4, 0.5) is 0 Å². The first-order valence-electron chi connectivity index (χ1n) is 5.44. The maximum atomic E-state index is 5.70. The van der Waals surface area contributed by atoms with Gasteiger partial charge in [0.05, 0.1) is 18.2 Å². The Labute approximate surface area is 88.2 Å². The molecule has 14 heavy (non-hydrogen) atoms. The Morgan fingerprint density at radius 3 is 2.36 bits per heavy atom. The quantitative estimate of drug-likeness (QED) is 0.652. The number of nitrogens with one attached hydrogen (secondary N) is 1. The van der Waals surface area contributed by atoms with E-state index in [0.717, 1.165) is 19.6 Å². The van der Waals surface area contributed by atoms with Gasteiger partial charge in [0.2, 0.25) is 0 Å². The molecule has 0 aliphatic heterocycles. The summed E-state index contributed by atoms with van der Waals surface area (Å²) in [5, 5.41) is 3.45. The highest BCUT2D eigenvalue weighted by Crippen LogP contribution is 2.15. The summed E-state index contributed by atoms with van der Waals surface area (Å²) in [7, 11) is 1.72. The van der Waals surface area contributed by atoms with E-state index < -0.39 is 0 Å². The summed E-state index contributed by atoms with van der Waals surface area (Å²) in [4.78, 5) is 0. The van der Waals surface area contributed by atoms with Gasteiger partial charge in [-0.15, -0.1) is 0 Å². The first-order chi connectivity index (χ1) is 6.58. The van der Waals surface area contributed by atoms with Crippen LogP contribution in [0.5, 0.6) is 0 Å². The Morgan fingerprint density at radius 1 is 1.29 bits per heavy atom. The maximum absolute atomic E-state index is 5.70. The lowest BCUT2D eigenvalue weighted by molar-refractivity contribution is -0.0551. The number of hydrogen-bond acceptors (Lipinski definition) is 3. The van der Waals surface area contributed by atoms with E-state index in [1.165, 1.54) is 0 Å². The second-order valence-corrected chi connectivity index (χ2v) is 4.00. The third-order valence-corrected chi connectivity index (χ3v) is 2.33. The highest BCUT2D eigenvalue weighted by molar-refractivity contribution is 4.85. The lowest BCUT2D eigenvalue weighted by Crippen LogP contribution is -2.51. The molecule has 3 nitrogen and oxygen atoms in total. The Bertz CT molecular complexity index is 137. The molecule has 0 aliphatic carbocycles. The fourth-order valence-corrected chi connectivity index (χ4v) is 1.46. The Morgan fingerprint density at radius 2 is 1.93 bits per heavy atom. The van der Waals surface area contributed by atoms with Gasteiger partial charge >= 0.3 is 0 Å². The molecule has 1 N–H and O–H groups in total. The second kappa shape index (κ2) is 7.21. The molecule has 3 heteroatoms. The second-order valence-electron chi connectivity index (χ2n) is 4.00. The van der Waals surface area contributed by atoms with Crippen molar-refractivity contribution in [3.05, 3.63) is 0 Å². The molecule has 0 aromatic rings. The first-order valence-corrected chi connectivity index (χ1v) is 5.44. The predicted molar refractivity (Wildman–Crippen MR) is 59.7 cm³/mol. The molecule has 0 bridgehead atoms. The van der Waals surface area contributed by atoms with Crippen molar-refractivity contribution >= 4 is 0 Å². The average Bonchev–Trinajstić information content (AvgIpc) is 2.11. The molecular weight excluding hydrogens is 178 g/mol. The number of methoxy groups -OCH3 is 1. The van der Waals surface area contributed by atoms with Crippen molar-refractivity contribution in [1.82, 2.24) is 5.32 Å². The first kappa shape index (κ1) is 13.9. The Balaban J connectivity index is 4.14. The smallest absolute Gasteiger partial charge is 0.0801 e. The number of ether oxygens (including phenoxy) is 2. The summed E-state index contributed by atoms with van der Waals surface area (Å²) < 4.78 is 10.9. The van der Waals surface area contributed by atoms with Crippen molar-refractivity contribution in [3.8, 4) is 0 Å². The van der Waals surface area contributed by atoms with E-state index in [0.29, 0.717) is 6.61 Å². The lowest BCUT2D eigenvalue weighted by atomic mass is 9.99. The van der Waals surface area contributed by atoms with E-state index in [1.54, 1.807) is 7.11 Å². The van der Waals surface area contributed by atoms with Crippen molar-refractivity contribution in [2.24, 2.45) is 0 Å². The third kappa shape index (κ3) is 4.94. The molecule has 0 aromatic heterocycles. The zero-order valence-electron chi connectivity index (χ0n) is 10.2. The van der Waals surface area contributed by atoms with Gasteiger partial charge in [-0.05, 0) is 33.7 Å². The van der Waals surface area contributed by atoms with Gasteiger partial charge < -0.3 is 14.8 Å². The predicted octanol–water partition coefficient (Wildman–Crippen LogP) is 1.82. The lowest BCUT2D eigenvalue weighted by Gasteiger charge is -2.34. The zero-order chi connectivity index (χ0) is 11.0. The molecule has 0 aromatic carbocycles. The fraction of sp³-hybridized carbons (Fsp3) is 1.00. The highest BCUT2D eigenvalue weighted by Gasteiger charge is 2.29. The van der Waals surface area contributed by atoms with Crippen LogP contribution in [0.3, 0.4) is 0 Å². The highest BCUT2D eigenvalue weighted by atomic mass is 16.5. The molecule has 0 rings (SSSR count). The van der Waals surface area contributed by atoms with E-state index in [-0.39, 0.29) is 11.6 Å². The van der Waals surface area contributed by atoms with Gasteiger partial charge in [0.1, 0.15) is 0 Å². The summed E-state index contributed by atoms with van der Waals surface area (Å²) in [6.07, 6.45) is 1.13. The third-order valence-electron chi connectivity index (χ3n) is 2.33. The molecule has 0 saturated carbocycles. The summed E-state index contributed by atoms with van der Waals surface area (Å²) in [5.41, 5.74) is -0.167. The molecule has 1 atom stereocenters. The molecule has 0 heterocycles. The van der Waals surface area contributed by atoms with Crippen molar-refractivity contribution in [2.45, 2.75) is 45.8 Å². The minimum absolute atomic E-state index is 0.167. The minimum atomic E-state index is -0.167. The van der Waals surface area contributed by atoms with Crippen molar-refractivity contribution in [3.63, 3.8) is 0 Å².